The summed E-state index contributed by atoms with van der Waals surface area (Å²) in [6, 6.07) is 20.3. The number of carbonyl (C=O) groups excluding carboxylic acids is 1. The van der Waals surface area contributed by atoms with E-state index in [1.807, 2.05) is 12.1 Å². The minimum absolute atomic E-state index is 0.105. The van der Waals surface area contributed by atoms with E-state index in [4.69, 9.17) is 4.52 Å². The number of benzene rings is 3. The number of halogens is 1. The predicted octanol–water partition coefficient (Wildman–Crippen LogP) is 5.39. The van der Waals surface area contributed by atoms with Gasteiger partial charge in [0, 0.05) is 17.3 Å². The number of aromatic nitrogens is 2. The summed E-state index contributed by atoms with van der Waals surface area (Å²) >= 11 is 1.34. The minimum Gasteiger partial charge on any atom is -0.479 e. The third-order valence-corrected chi connectivity index (χ3v) is 6.11. The van der Waals surface area contributed by atoms with Gasteiger partial charge in [0.15, 0.2) is 11.2 Å². The lowest BCUT2D eigenvalue weighted by Gasteiger charge is -2.13. The smallest absolute Gasteiger partial charge is 0.330 e. The van der Waals surface area contributed by atoms with Crippen LogP contribution in [0.15, 0.2) is 83.4 Å². The molecule has 3 N–H and O–H groups in total. The lowest BCUT2D eigenvalue weighted by Crippen LogP contribution is -2.33. The molecule has 0 spiro atoms. The van der Waals surface area contributed by atoms with Crippen LogP contribution in [0, 0.1) is 5.82 Å². The highest BCUT2D eigenvalue weighted by Crippen LogP contribution is 2.30. The number of thiazole rings is 1. The molecular weight excluding hydrogens is 471 g/mol. The first-order valence-corrected chi connectivity index (χ1v) is 11.3. The average molecular weight is 489 g/mol. The molecule has 1 unspecified atom stereocenters. The Labute approximate surface area is 202 Å². The summed E-state index contributed by atoms with van der Waals surface area (Å²) in [6.07, 6.45) is 0. The Morgan fingerprint density at radius 1 is 1.00 bits per heavy atom. The monoisotopic (exact) mass is 488 g/mol. The highest BCUT2D eigenvalue weighted by atomic mass is 32.1. The van der Waals surface area contributed by atoms with E-state index in [2.05, 4.69) is 20.8 Å². The SMILES string of the molecule is O=C(NC(C(=O)O)c1ccccc1)c1cc(-c2ccc(Nc3nc4ccc(F)cc4s3)cc2)no1. The summed E-state index contributed by atoms with van der Waals surface area (Å²) in [6.45, 7) is 0. The number of carboxylic acid groups (broad SMARTS) is 1. The number of carboxylic acids is 1. The van der Waals surface area contributed by atoms with Gasteiger partial charge in [-0.25, -0.2) is 14.2 Å². The molecule has 0 fully saturated rings. The molecule has 1 atom stereocenters. The fourth-order valence-corrected chi connectivity index (χ4v) is 4.36. The highest BCUT2D eigenvalue weighted by Gasteiger charge is 2.24. The summed E-state index contributed by atoms with van der Waals surface area (Å²) in [5, 5.41) is 19.7. The Balaban J connectivity index is 1.28. The van der Waals surface area contributed by atoms with Crippen molar-refractivity contribution < 1.29 is 23.6 Å². The van der Waals surface area contributed by atoms with Gasteiger partial charge < -0.3 is 20.3 Å². The second-order valence-corrected chi connectivity index (χ2v) is 8.60. The van der Waals surface area contributed by atoms with Crippen LogP contribution >= 0.6 is 11.3 Å². The van der Waals surface area contributed by atoms with Crippen molar-refractivity contribution in [2.45, 2.75) is 6.04 Å². The van der Waals surface area contributed by atoms with Gasteiger partial charge in [0.05, 0.1) is 10.2 Å². The zero-order valence-electron chi connectivity index (χ0n) is 17.9. The van der Waals surface area contributed by atoms with E-state index in [1.54, 1.807) is 48.5 Å². The molecule has 8 nitrogen and oxygen atoms in total. The van der Waals surface area contributed by atoms with Crippen molar-refractivity contribution in [3.05, 3.63) is 96.0 Å². The van der Waals surface area contributed by atoms with Crippen molar-refractivity contribution in [1.82, 2.24) is 15.5 Å². The number of nitrogens with zero attached hydrogens (tertiary/aromatic N) is 2. The van der Waals surface area contributed by atoms with Crippen LogP contribution in [0.5, 0.6) is 0 Å². The molecule has 174 valence electrons. The molecule has 0 radical (unpaired) electrons. The summed E-state index contributed by atoms with van der Waals surface area (Å²) in [5.74, 6) is -2.29. The van der Waals surface area contributed by atoms with Gasteiger partial charge in [-0.2, -0.15) is 0 Å². The lowest BCUT2D eigenvalue weighted by molar-refractivity contribution is -0.139. The number of aliphatic carboxylic acids is 1. The zero-order valence-corrected chi connectivity index (χ0v) is 18.8. The van der Waals surface area contributed by atoms with Gasteiger partial charge in [0.25, 0.3) is 5.91 Å². The fourth-order valence-electron chi connectivity index (χ4n) is 3.45. The van der Waals surface area contributed by atoms with E-state index in [-0.39, 0.29) is 11.6 Å². The molecule has 35 heavy (non-hydrogen) atoms. The predicted molar refractivity (Wildman–Crippen MR) is 129 cm³/mol. The van der Waals surface area contributed by atoms with Crippen molar-refractivity contribution in [3.8, 4) is 11.3 Å². The maximum atomic E-state index is 13.4. The molecule has 0 aliphatic carbocycles. The van der Waals surface area contributed by atoms with Crippen molar-refractivity contribution in [2.24, 2.45) is 0 Å². The van der Waals surface area contributed by atoms with Crippen molar-refractivity contribution in [2.75, 3.05) is 5.32 Å². The highest BCUT2D eigenvalue weighted by molar-refractivity contribution is 7.22. The van der Waals surface area contributed by atoms with Gasteiger partial charge in [-0.3, -0.25) is 4.79 Å². The lowest BCUT2D eigenvalue weighted by atomic mass is 10.1. The molecule has 2 aromatic heterocycles. The van der Waals surface area contributed by atoms with Crippen molar-refractivity contribution in [3.63, 3.8) is 0 Å². The largest absolute Gasteiger partial charge is 0.479 e. The van der Waals surface area contributed by atoms with Crippen LogP contribution in [0.3, 0.4) is 0 Å². The van der Waals surface area contributed by atoms with Crippen LogP contribution in [-0.4, -0.2) is 27.1 Å². The van der Waals surface area contributed by atoms with Crippen LogP contribution in [0.4, 0.5) is 15.2 Å². The van der Waals surface area contributed by atoms with E-state index in [0.717, 1.165) is 10.4 Å². The Hall–Kier alpha value is -4.57. The van der Waals surface area contributed by atoms with Crippen LogP contribution in [0.1, 0.15) is 22.2 Å². The number of amides is 1. The Bertz CT molecular complexity index is 1520. The quantitative estimate of drug-likeness (QED) is 0.281. The molecule has 0 saturated heterocycles. The zero-order chi connectivity index (χ0) is 24.4. The second kappa shape index (κ2) is 9.35. The first-order valence-electron chi connectivity index (χ1n) is 10.5. The normalized spacial score (nSPS) is 11.8. The fraction of sp³-hybridized carbons (Fsp3) is 0.0400. The maximum Gasteiger partial charge on any atom is 0.330 e. The second-order valence-electron chi connectivity index (χ2n) is 7.57. The number of fused-ring (bicyclic) bond motifs is 1. The minimum atomic E-state index is -1.22. The van der Waals surface area contributed by atoms with Crippen LogP contribution in [-0.2, 0) is 4.79 Å². The molecule has 3 aromatic carbocycles. The summed E-state index contributed by atoms with van der Waals surface area (Å²) < 4.78 is 19.3. The molecule has 0 saturated carbocycles. The molecule has 0 aliphatic heterocycles. The van der Waals surface area contributed by atoms with Gasteiger partial charge in [-0.1, -0.05) is 59.0 Å². The van der Waals surface area contributed by atoms with Crippen molar-refractivity contribution >= 4 is 44.2 Å². The molecule has 1 amide bonds. The first kappa shape index (κ1) is 22.2. The summed E-state index contributed by atoms with van der Waals surface area (Å²) in [7, 11) is 0. The molecular formula is C25H17FN4O4S. The molecule has 0 bridgehead atoms. The number of rotatable bonds is 7. The summed E-state index contributed by atoms with van der Waals surface area (Å²) in [4.78, 5) is 28.7. The third-order valence-electron chi connectivity index (χ3n) is 5.17. The van der Waals surface area contributed by atoms with E-state index in [1.165, 1.54) is 29.5 Å². The number of hydrogen-bond acceptors (Lipinski definition) is 7. The molecule has 5 rings (SSSR count). The van der Waals surface area contributed by atoms with E-state index >= 15 is 0 Å². The topological polar surface area (TPSA) is 117 Å². The number of anilines is 2. The van der Waals surface area contributed by atoms with E-state index in [0.29, 0.717) is 27.5 Å². The van der Waals surface area contributed by atoms with Crippen LogP contribution in [0.25, 0.3) is 21.5 Å². The Morgan fingerprint density at radius 3 is 2.51 bits per heavy atom. The van der Waals surface area contributed by atoms with E-state index < -0.39 is 17.9 Å². The number of nitrogens with one attached hydrogen (secondary N) is 2. The molecule has 5 aromatic rings. The average Bonchev–Trinajstić information content (AvgIpc) is 3.50. The molecule has 0 aliphatic rings. The number of hydrogen-bond donors (Lipinski definition) is 3. The van der Waals surface area contributed by atoms with Gasteiger partial charge in [0.2, 0.25) is 5.76 Å². The van der Waals surface area contributed by atoms with Crippen LogP contribution in [0.2, 0.25) is 0 Å². The van der Waals surface area contributed by atoms with Gasteiger partial charge in [-0.05, 0) is 35.9 Å². The van der Waals surface area contributed by atoms with Crippen molar-refractivity contribution in [1.29, 1.82) is 0 Å². The summed E-state index contributed by atoms with van der Waals surface area (Å²) in [5.41, 5.74) is 3.03. The Morgan fingerprint density at radius 2 is 1.77 bits per heavy atom. The van der Waals surface area contributed by atoms with Crippen LogP contribution < -0.4 is 10.6 Å². The Kier molecular flexibility index (Phi) is 5.94. The van der Waals surface area contributed by atoms with Gasteiger partial charge in [-0.15, -0.1) is 0 Å². The third kappa shape index (κ3) is 4.87. The number of carbonyl (C=O) groups is 2. The van der Waals surface area contributed by atoms with E-state index in [9.17, 15) is 19.1 Å². The standard InChI is InChI=1S/C25H17FN4O4S/c26-16-8-11-18-21(12-16)35-25(28-18)27-17-9-6-14(7-10-17)19-13-20(34-30-19)23(31)29-22(24(32)33)15-4-2-1-3-5-15/h1-13,22H,(H,27,28)(H,29,31)(H,32,33). The first-order chi connectivity index (χ1) is 17.0. The molecule has 2 heterocycles. The van der Waals surface area contributed by atoms with Gasteiger partial charge in [0.1, 0.15) is 11.5 Å². The maximum absolute atomic E-state index is 13.4. The van der Waals surface area contributed by atoms with Gasteiger partial charge >= 0.3 is 5.97 Å². The molecule has 10 heteroatoms.